The van der Waals surface area contributed by atoms with Crippen molar-refractivity contribution in [2.45, 2.75) is 90.3 Å². The van der Waals surface area contributed by atoms with Gasteiger partial charge in [0.05, 0.1) is 11.7 Å². The Hall–Kier alpha value is -0.0800. The molecule has 0 saturated heterocycles. The Morgan fingerprint density at radius 2 is 1.90 bits per heavy atom. The van der Waals surface area contributed by atoms with E-state index < -0.39 is 0 Å². The molecule has 0 aromatic heterocycles. The molecule has 118 valence electrons. The van der Waals surface area contributed by atoms with Crippen LogP contribution in [-0.2, 0) is 4.74 Å². The van der Waals surface area contributed by atoms with Crippen molar-refractivity contribution in [3.63, 3.8) is 0 Å². The van der Waals surface area contributed by atoms with Crippen LogP contribution in [0, 0.1) is 17.8 Å². The molecule has 0 radical (unpaired) electrons. The molecule has 0 aromatic carbocycles. The second-order valence-electron chi connectivity index (χ2n) is 7.26. The second kappa shape index (κ2) is 7.26. The minimum atomic E-state index is -0.254. The highest BCUT2D eigenvalue weighted by Gasteiger charge is 2.47. The average Bonchev–Trinajstić information content (AvgIpc) is 2.46. The maximum Gasteiger partial charge on any atom is 0.0945 e. The van der Waals surface area contributed by atoms with Crippen molar-refractivity contribution < 1.29 is 9.84 Å². The van der Waals surface area contributed by atoms with Gasteiger partial charge >= 0.3 is 0 Å². The van der Waals surface area contributed by atoms with E-state index in [1.165, 1.54) is 44.9 Å². The van der Waals surface area contributed by atoms with Gasteiger partial charge in [-0.05, 0) is 43.9 Å². The van der Waals surface area contributed by atoms with Crippen LogP contribution in [0.15, 0.2) is 0 Å². The van der Waals surface area contributed by atoms with E-state index in [1.807, 2.05) is 0 Å². The first-order chi connectivity index (χ1) is 9.63. The molecule has 0 heterocycles. The van der Waals surface area contributed by atoms with Gasteiger partial charge in [0.15, 0.2) is 0 Å². The lowest BCUT2D eigenvalue weighted by Crippen LogP contribution is -2.53. The minimum Gasteiger partial charge on any atom is -0.390 e. The number of hydrogen-bond acceptors (Lipinski definition) is 2. The van der Waals surface area contributed by atoms with Crippen LogP contribution in [0.5, 0.6) is 0 Å². The average molecular weight is 282 g/mol. The fourth-order valence-electron chi connectivity index (χ4n) is 4.87. The maximum absolute atomic E-state index is 11.2. The predicted octanol–water partition coefficient (Wildman–Crippen LogP) is 4.55. The highest BCUT2D eigenvalue weighted by atomic mass is 16.5. The Labute approximate surface area is 125 Å². The van der Waals surface area contributed by atoms with Crippen molar-refractivity contribution in [1.82, 2.24) is 0 Å². The molecule has 2 heteroatoms. The van der Waals surface area contributed by atoms with E-state index in [9.17, 15) is 5.11 Å². The van der Waals surface area contributed by atoms with Gasteiger partial charge in [0.2, 0.25) is 0 Å². The molecule has 0 aromatic rings. The zero-order chi connectivity index (χ0) is 14.6. The van der Waals surface area contributed by atoms with E-state index in [0.717, 1.165) is 19.4 Å². The Morgan fingerprint density at radius 3 is 2.55 bits per heavy atom. The highest BCUT2D eigenvalue weighted by Crippen LogP contribution is 2.45. The fourth-order valence-corrected chi connectivity index (χ4v) is 4.87. The summed E-state index contributed by atoms with van der Waals surface area (Å²) in [5, 5.41) is 11.2. The Balaban J connectivity index is 2.14. The van der Waals surface area contributed by atoms with Gasteiger partial charge in [-0.3, -0.25) is 0 Å². The van der Waals surface area contributed by atoms with Crippen molar-refractivity contribution in [3.05, 3.63) is 0 Å². The molecule has 5 atom stereocenters. The molecule has 5 unspecified atom stereocenters. The standard InChI is InChI=1S/C18H34O2/c1-4-15-10-6-7-11-16(15)17(19)18(20-5-2)12-8-9-14(3)13-18/h14-17,19H,4-13H2,1-3H3. The van der Waals surface area contributed by atoms with Gasteiger partial charge in [0, 0.05) is 6.61 Å². The molecule has 2 aliphatic carbocycles. The van der Waals surface area contributed by atoms with Crippen molar-refractivity contribution >= 4 is 0 Å². The van der Waals surface area contributed by atoms with E-state index in [0.29, 0.717) is 17.8 Å². The zero-order valence-corrected chi connectivity index (χ0v) is 13.7. The summed E-state index contributed by atoms with van der Waals surface area (Å²) >= 11 is 0. The van der Waals surface area contributed by atoms with Crippen LogP contribution in [0.2, 0.25) is 0 Å². The smallest absolute Gasteiger partial charge is 0.0945 e. The summed E-state index contributed by atoms with van der Waals surface area (Å²) in [5.41, 5.74) is -0.248. The van der Waals surface area contributed by atoms with E-state index in [-0.39, 0.29) is 11.7 Å². The zero-order valence-electron chi connectivity index (χ0n) is 13.7. The molecule has 0 spiro atoms. The molecule has 2 aliphatic rings. The Kier molecular flexibility index (Phi) is 5.92. The number of hydrogen-bond donors (Lipinski definition) is 1. The summed E-state index contributed by atoms with van der Waals surface area (Å²) in [4.78, 5) is 0. The SMILES string of the molecule is CCOC1(C(O)C2CCCCC2CC)CCCC(C)C1. The topological polar surface area (TPSA) is 29.5 Å². The summed E-state index contributed by atoms with van der Waals surface area (Å²) in [7, 11) is 0. The molecule has 1 N–H and O–H groups in total. The predicted molar refractivity (Wildman–Crippen MR) is 83.7 cm³/mol. The quantitative estimate of drug-likeness (QED) is 0.801. The Bertz CT molecular complexity index is 287. The van der Waals surface area contributed by atoms with Crippen molar-refractivity contribution in [2.75, 3.05) is 6.61 Å². The molecule has 2 saturated carbocycles. The molecule has 2 nitrogen and oxygen atoms in total. The second-order valence-corrected chi connectivity index (χ2v) is 7.26. The van der Waals surface area contributed by atoms with Crippen molar-refractivity contribution in [1.29, 1.82) is 0 Å². The monoisotopic (exact) mass is 282 g/mol. The normalized spacial score (nSPS) is 40.5. The van der Waals surface area contributed by atoms with E-state index in [1.54, 1.807) is 0 Å². The van der Waals surface area contributed by atoms with Gasteiger partial charge in [-0.1, -0.05) is 52.4 Å². The Morgan fingerprint density at radius 1 is 1.15 bits per heavy atom. The molecular formula is C18H34O2. The lowest BCUT2D eigenvalue weighted by Gasteiger charge is -2.48. The summed E-state index contributed by atoms with van der Waals surface area (Å²) in [6, 6.07) is 0. The van der Waals surface area contributed by atoms with Crippen LogP contribution in [0.3, 0.4) is 0 Å². The highest BCUT2D eigenvalue weighted by molar-refractivity contribution is 4.98. The molecule has 2 fully saturated rings. The first-order valence-corrected chi connectivity index (χ1v) is 8.95. The minimum absolute atomic E-state index is 0.248. The lowest BCUT2D eigenvalue weighted by molar-refractivity contribution is -0.174. The van der Waals surface area contributed by atoms with E-state index >= 15 is 0 Å². The number of ether oxygens (including phenoxy) is 1. The van der Waals surface area contributed by atoms with Gasteiger partial charge in [-0.25, -0.2) is 0 Å². The maximum atomic E-state index is 11.2. The van der Waals surface area contributed by atoms with Gasteiger partial charge in [-0.15, -0.1) is 0 Å². The molecule has 0 bridgehead atoms. The molecule has 0 amide bonds. The van der Waals surface area contributed by atoms with Crippen LogP contribution in [-0.4, -0.2) is 23.4 Å². The molecule has 0 aliphatic heterocycles. The number of aliphatic hydroxyl groups is 1. The van der Waals surface area contributed by atoms with Crippen LogP contribution >= 0.6 is 0 Å². The van der Waals surface area contributed by atoms with Gasteiger partial charge < -0.3 is 9.84 Å². The van der Waals surface area contributed by atoms with E-state index in [2.05, 4.69) is 20.8 Å². The van der Waals surface area contributed by atoms with Crippen LogP contribution < -0.4 is 0 Å². The van der Waals surface area contributed by atoms with Gasteiger partial charge in [0.1, 0.15) is 0 Å². The summed E-state index contributed by atoms with van der Waals surface area (Å²) in [6.45, 7) is 7.41. The van der Waals surface area contributed by atoms with Crippen LogP contribution in [0.4, 0.5) is 0 Å². The summed E-state index contributed by atoms with van der Waals surface area (Å²) < 4.78 is 6.20. The largest absolute Gasteiger partial charge is 0.390 e. The van der Waals surface area contributed by atoms with Gasteiger partial charge in [0.25, 0.3) is 0 Å². The number of rotatable bonds is 5. The first-order valence-electron chi connectivity index (χ1n) is 8.95. The lowest BCUT2D eigenvalue weighted by atomic mass is 9.66. The van der Waals surface area contributed by atoms with Crippen molar-refractivity contribution in [2.24, 2.45) is 17.8 Å². The third-order valence-corrected chi connectivity index (χ3v) is 5.86. The van der Waals surface area contributed by atoms with Crippen LogP contribution in [0.1, 0.15) is 78.6 Å². The number of aliphatic hydroxyl groups excluding tert-OH is 1. The third-order valence-electron chi connectivity index (χ3n) is 5.86. The molecular weight excluding hydrogens is 248 g/mol. The molecule has 2 rings (SSSR count). The summed E-state index contributed by atoms with van der Waals surface area (Å²) in [5.74, 6) is 1.85. The third kappa shape index (κ3) is 3.39. The molecule has 20 heavy (non-hydrogen) atoms. The summed E-state index contributed by atoms with van der Waals surface area (Å²) in [6.07, 6.45) is 10.7. The first kappa shape index (κ1) is 16.3. The van der Waals surface area contributed by atoms with E-state index in [4.69, 9.17) is 4.74 Å². The van der Waals surface area contributed by atoms with Crippen LogP contribution in [0.25, 0.3) is 0 Å². The van der Waals surface area contributed by atoms with Crippen molar-refractivity contribution in [3.8, 4) is 0 Å². The van der Waals surface area contributed by atoms with Gasteiger partial charge in [-0.2, -0.15) is 0 Å². The fraction of sp³-hybridized carbons (Fsp3) is 1.00.